The lowest BCUT2D eigenvalue weighted by Crippen LogP contribution is -2.36. The number of carbonyl (C=O) groups is 1. The third-order valence-electron chi connectivity index (χ3n) is 3.37. The van der Waals surface area contributed by atoms with Crippen molar-refractivity contribution >= 4 is 6.41 Å². The predicted octanol–water partition coefficient (Wildman–Crippen LogP) is 1.41. The molecule has 0 spiro atoms. The quantitative estimate of drug-likeness (QED) is 0.724. The molecule has 0 aliphatic carbocycles. The molecule has 0 fully saturated rings. The highest BCUT2D eigenvalue weighted by atomic mass is 16.3. The number of aliphatic hydroxyl groups excluding tert-OH is 1. The lowest BCUT2D eigenvalue weighted by Gasteiger charge is -2.23. The zero-order valence-electron chi connectivity index (χ0n) is 12.3. The normalized spacial score (nSPS) is 12.7. The SMILES string of the molecule is CCn1nc(C(C)C)cc1CCN(C=O)C(C)CO. The minimum absolute atomic E-state index is 0.0109. The van der Waals surface area contributed by atoms with Crippen LogP contribution in [0.2, 0.25) is 0 Å². The van der Waals surface area contributed by atoms with Crippen molar-refractivity contribution < 1.29 is 9.90 Å². The van der Waals surface area contributed by atoms with Gasteiger partial charge in [-0.05, 0) is 25.8 Å². The largest absolute Gasteiger partial charge is 0.394 e. The molecule has 1 rings (SSSR count). The molecular formula is C14H25N3O2. The Morgan fingerprint density at radius 3 is 2.63 bits per heavy atom. The summed E-state index contributed by atoms with van der Waals surface area (Å²) >= 11 is 0. The maximum absolute atomic E-state index is 11.0. The van der Waals surface area contributed by atoms with Crippen molar-refractivity contribution in [3.8, 4) is 0 Å². The molecule has 1 aromatic heterocycles. The molecule has 1 N–H and O–H groups in total. The second-order valence-corrected chi connectivity index (χ2v) is 5.16. The summed E-state index contributed by atoms with van der Waals surface area (Å²) in [6, 6.07) is 1.97. The highest BCUT2D eigenvalue weighted by Crippen LogP contribution is 2.15. The minimum atomic E-state index is -0.139. The summed E-state index contributed by atoms with van der Waals surface area (Å²) in [5.41, 5.74) is 2.23. The van der Waals surface area contributed by atoms with Gasteiger partial charge in [-0.15, -0.1) is 0 Å². The van der Waals surface area contributed by atoms with Crippen molar-refractivity contribution in [2.45, 2.75) is 52.6 Å². The van der Waals surface area contributed by atoms with Crippen LogP contribution in [0.1, 0.15) is 45.0 Å². The van der Waals surface area contributed by atoms with Gasteiger partial charge in [0.1, 0.15) is 0 Å². The van der Waals surface area contributed by atoms with Gasteiger partial charge in [-0.25, -0.2) is 0 Å². The Morgan fingerprint density at radius 1 is 1.47 bits per heavy atom. The van der Waals surface area contributed by atoms with Crippen molar-refractivity contribution in [2.24, 2.45) is 0 Å². The standard InChI is InChI=1S/C14H25N3O2/c1-5-17-13(8-14(15-17)11(2)3)6-7-16(10-19)12(4)9-18/h8,10-12,18H,5-7,9H2,1-4H3. The van der Waals surface area contributed by atoms with Crippen LogP contribution in [0.5, 0.6) is 0 Å². The number of amides is 1. The summed E-state index contributed by atoms with van der Waals surface area (Å²) in [5, 5.41) is 13.7. The van der Waals surface area contributed by atoms with Crippen molar-refractivity contribution in [3.05, 3.63) is 17.5 Å². The Morgan fingerprint density at radius 2 is 2.16 bits per heavy atom. The zero-order valence-corrected chi connectivity index (χ0v) is 12.3. The van der Waals surface area contributed by atoms with Crippen LogP contribution in [0.15, 0.2) is 6.07 Å². The number of aryl methyl sites for hydroxylation is 1. The first kappa shape index (κ1) is 15.7. The van der Waals surface area contributed by atoms with E-state index in [0.717, 1.165) is 30.8 Å². The molecule has 1 aromatic rings. The molecule has 0 radical (unpaired) electrons. The molecule has 0 aromatic carbocycles. The molecule has 19 heavy (non-hydrogen) atoms. The van der Waals surface area contributed by atoms with E-state index in [0.29, 0.717) is 12.5 Å². The topological polar surface area (TPSA) is 58.4 Å². The highest BCUT2D eigenvalue weighted by Gasteiger charge is 2.13. The summed E-state index contributed by atoms with van der Waals surface area (Å²) < 4.78 is 1.99. The number of aliphatic hydroxyl groups is 1. The molecule has 0 saturated carbocycles. The van der Waals surface area contributed by atoms with Gasteiger partial charge in [0.05, 0.1) is 18.3 Å². The summed E-state index contributed by atoms with van der Waals surface area (Å²) in [7, 11) is 0. The van der Waals surface area contributed by atoms with E-state index in [1.54, 1.807) is 4.90 Å². The molecule has 5 nitrogen and oxygen atoms in total. The van der Waals surface area contributed by atoms with Gasteiger partial charge in [-0.1, -0.05) is 13.8 Å². The van der Waals surface area contributed by atoms with E-state index in [4.69, 9.17) is 5.11 Å². The molecule has 5 heteroatoms. The summed E-state index contributed by atoms with van der Waals surface area (Å²) in [4.78, 5) is 12.6. The highest BCUT2D eigenvalue weighted by molar-refractivity contribution is 5.47. The van der Waals surface area contributed by atoms with E-state index in [1.807, 2.05) is 11.6 Å². The Hall–Kier alpha value is -1.36. The Kier molecular flexibility index (Phi) is 6.02. The van der Waals surface area contributed by atoms with Crippen molar-refractivity contribution in [3.63, 3.8) is 0 Å². The van der Waals surface area contributed by atoms with Crippen LogP contribution in [0.3, 0.4) is 0 Å². The number of carbonyl (C=O) groups excluding carboxylic acids is 1. The Balaban J connectivity index is 2.73. The lowest BCUT2D eigenvalue weighted by atomic mass is 10.1. The fourth-order valence-electron chi connectivity index (χ4n) is 1.96. The molecule has 1 atom stereocenters. The van der Waals surface area contributed by atoms with E-state index in [2.05, 4.69) is 31.9 Å². The first-order chi connectivity index (χ1) is 9.03. The van der Waals surface area contributed by atoms with Crippen LogP contribution >= 0.6 is 0 Å². The van der Waals surface area contributed by atoms with Crippen LogP contribution < -0.4 is 0 Å². The molecule has 0 aliphatic heterocycles. The van der Waals surface area contributed by atoms with Gasteiger partial charge in [0, 0.05) is 25.2 Å². The van der Waals surface area contributed by atoms with Crippen molar-refractivity contribution in [2.75, 3.05) is 13.2 Å². The van der Waals surface area contributed by atoms with E-state index >= 15 is 0 Å². The van der Waals surface area contributed by atoms with E-state index < -0.39 is 0 Å². The Labute approximate surface area is 115 Å². The van der Waals surface area contributed by atoms with Gasteiger partial charge in [0.2, 0.25) is 6.41 Å². The third kappa shape index (κ3) is 4.06. The molecule has 108 valence electrons. The number of hydrogen-bond acceptors (Lipinski definition) is 3. The van der Waals surface area contributed by atoms with Crippen molar-refractivity contribution in [1.29, 1.82) is 0 Å². The van der Waals surface area contributed by atoms with Crippen molar-refractivity contribution in [1.82, 2.24) is 14.7 Å². The lowest BCUT2D eigenvalue weighted by molar-refractivity contribution is -0.120. The minimum Gasteiger partial charge on any atom is -0.394 e. The van der Waals surface area contributed by atoms with Gasteiger partial charge in [-0.3, -0.25) is 9.48 Å². The molecular weight excluding hydrogens is 242 g/mol. The summed E-state index contributed by atoms with van der Waals surface area (Å²) in [6.45, 7) is 9.57. The molecule has 1 unspecified atom stereocenters. The number of aromatic nitrogens is 2. The van der Waals surface area contributed by atoms with E-state index in [9.17, 15) is 4.79 Å². The van der Waals surface area contributed by atoms with Crippen LogP contribution in [-0.4, -0.2) is 45.4 Å². The Bertz CT molecular complexity index is 401. The van der Waals surface area contributed by atoms with E-state index in [1.165, 1.54) is 0 Å². The molecule has 0 aliphatic rings. The van der Waals surface area contributed by atoms with Crippen LogP contribution in [-0.2, 0) is 17.8 Å². The van der Waals surface area contributed by atoms with Gasteiger partial charge < -0.3 is 10.0 Å². The smallest absolute Gasteiger partial charge is 0.210 e. The van der Waals surface area contributed by atoms with Crippen LogP contribution in [0, 0.1) is 0 Å². The van der Waals surface area contributed by atoms with Gasteiger partial charge in [0.25, 0.3) is 0 Å². The maximum Gasteiger partial charge on any atom is 0.210 e. The molecule has 0 saturated heterocycles. The summed E-state index contributed by atoms with van der Waals surface area (Å²) in [5.74, 6) is 0.407. The third-order valence-corrected chi connectivity index (χ3v) is 3.37. The van der Waals surface area contributed by atoms with Gasteiger partial charge in [0.15, 0.2) is 0 Å². The second kappa shape index (κ2) is 7.28. The fourth-order valence-corrected chi connectivity index (χ4v) is 1.96. The first-order valence-electron chi connectivity index (χ1n) is 6.91. The molecule has 1 heterocycles. The number of nitrogens with zero attached hydrogens (tertiary/aromatic N) is 3. The monoisotopic (exact) mass is 267 g/mol. The van der Waals surface area contributed by atoms with Crippen LogP contribution in [0.4, 0.5) is 0 Å². The molecule has 0 bridgehead atoms. The number of hydrogen-bond donors (Lipinski definition) is 1. The predicted molar refractivity (Wildman–Crippen MR) is 75.0 cm³/mol. The van der Waals surface area contributed by atoms with Gasteiger partial charge in [-0.2, -0.15) is 5.10 Å². The van der Waals surface area contributed by atoms with E-state index in [-0.39, 0.29) is 12.6 Å². The average molecular weight is 267 g/mol. The van der Waals surface area contributed by atoms with Crippen LogP contribution in [0.25, 0.3) is 0 Å². The maximum atomic E-state index is 11.0. The second-order valence-electron chi connectivity index (χ2n) is 5.16. The summed E-state index contributed by atoms with van der Waals surface area (Å²) in [6.07, 6.45) is 1.56. The zero-order chi connectivity index (χ0) is 14.4. The fraction of sp³-hybridized carbons (Fsp3) is 0.714. The number of rotatable bonds is 8. The molecule has 1 amide bonds. The van der Waals surface area contributed by atoms with Gasteiger partial charge >= 0.3 is 0 Å². The first-order valence-corrected chi connectivity index (χ1v) is 6.91. The average Bonchev–Trinajstić information content (AvgIpc) is 2.82.